The number of rotatable bonds is 3. The van der Waals surface area contributed by atoms with Gasteiger partial charge in [-0.1, -0.05) is 0 Å². The Bertz CT molecular complexity index is 535. The molecule has 2 unspecified atom stereocenters. The molecule has 2 aromatic heterocycles. The van der Waals surface area contributed by atoms with E-state index in [0.717, 1.165) is 19.5 Å². The Labute approximate surface area is 118 Å². The number of thiophene rings is 1. The Balaban J connectivity index is 1.87. The second-order valence-corrected chi connectivity index (χ2v) is 6.17. The van der Waals surface area contributed by atoms with Crippen LogP contribution in [0.1, 0.15) is 29.0 Å². The molecule has 0 bridgehead atoms. The molecule has 0 amide bonds. The van der Waals surface area contributed by atoms with Gasteiger partial charge in [0, 0.05) is 36.4 Å². The van der Waals surface area contributed by atoms with Gasteiger partial charge in [0.2, 0.25) is 0 Å². The van der Waals surface area contributed by atoms with Crippen LogP contribution in [0, 0.1) is 0 Å². The molecule has 0 saturated carbocycles. The third-order valence-electron chi connectivity index (χ3n) is 3.78. The van der Waals surface area contributed by atoms with E-state index in [0.29, 0.717) is 0 Å². The third-order valence-corrected chi connectivity index (χ3v) is 4.80. The molecular weight excluding hydrogens is 254 g/mol. The molecule has 1 aliphatic rings. The number of nitrogens with zero attached hydrogens (tertiary/aromatic N) is 2. The minimum absolute atomic E-state index is 0.114. The molecule has 2 N–H and O–H groups in total. The quantitative estimate of drug-likeness (QED) is 0.934. The molecule has 3 rings (SSSR count). The van der Waals surface area contributed by atoms with Gasteiger partial charge in [-0.15, -0.1) is 11.3 Å². The summed E-state index contributed by atoms with van der Waals surface area (Å²) in [6.45, 7) is 4.18. The van der Waals surface area contributed by atoms with Crippen LogP contribution in [0.2, 0.25) is 0 Å². The van der Waals surface area contributed by atoms with E-state index < -0.39 is 0 Å². The number of hydrogen-bond acceptors (Lipinski definition) is 4. The highest BCUT2D eigenvalue weighted by molar-refractivity contribution is 7.10. The minimum atomic E-state index is 0.114. The predicted molar refractivity (Wildman–Crippen MR) is 79.1 cm³/mol. The summed E-state index contributed by atoms with van der Waals surface area (Å²) in [7, 11) is 0. The Morgan fingerprint density at radius 1 is 1.32 bits per heavy atom. The first kappa shape index (κ1) is 12.8. The first-order chi connectivity index (χ1) is 9.25. The molecule has 2 aromatic rings. The molecule has 0 saturated heterocycles. The van der Waals surface area contributed by atoms with Crippen LogP contribution < -0.4 is 5.73 Å². The lowest BCUT2D eigenvalue weighted by Gasteiger charge is -2.37. The van der Waals surface area contributed by atoms with E-state index in [1.54, 1.807) is 0 Å². The summed E-state index contributed by atoms with van der Waals surface area (Å²) in [6, 6.07) is 6.80. The molecule has 0 aromatic carbocycles. The first-order valence-electron chi connectivity index (χ1n) is 6.70. The molecule has 0 aliphatic carbocycles. The zero-order chi connectivity index (χ0) is 13.2. The Hall–Kier alpha value is -1.23. The molecule has 0 spiro atoms. The molecule has 2 atom stereocenters. The van der Waals surface area contributed by atoms with E-state index in [4.69, 9.17) is 5.73 Å². The van der Waals surface area contributed by atoms with Gasteiger partial charge < -0.3 is 5.73 Å². The molecule has 100 valence electrons. The first-order valence-corrected chi connectivity index (χ1v) is 7.58. The monoisotopic (exact) mass is 273 g/mol. The van der Waals surface area contributed by atoms with Crippen molar-refractivity contribution in [2.24, 2.45) is 5.73 Å². The van der Waals surface area contributed by atoms with Crippen molar-refractivity contribution in [3.63, 3.8) is 0 Å². The van der Waals surface area contributed by atoms with Crippen LogP contribution in [0.15, 0.2) is 36.0 Å². The van der Waals surface area contributed by atoms with Crippen LogP contribution in [0.5, 0.6) is 0 Å². The molecule has 0 radical (unpaired) electrons. The number of fused-ring (bicyclic) bond motifs is 1. The van der Waals surface area contributed by atoms with Gasteiger partial charge in [0.1, 0.15) is 0 Å². The maximum atomic E-state index is 6.24. The minimum Gasteiger partial charge on any atom is -0.326 e. The summed E-state index contributed by atoms with van der Waals surface area (Å²) in [5, 5.41) is 2.20. The summed E-state index contributed by atoms with van der Waals surface area (Å²) >= 11 is 1.88. The summed E-state index contributed by atoms with van der Waals surface area (Å²) < 4.78 is 0. The number of hydrogen-bond donors (Lipinski definition) is 1. The van der Waals surface area contributed by atoms with Crippen molar-refractivity contribution < 1.29 is 0 Å². The Morgan fingerprint density at radius 2 is 2.11 bits per heavy atom. The predicted octanol–water partition coefficient (Wildman–Crippen LogP) is 2.59. The average Bonchev–Trinajstić information content (AvgIpc) is 2.87. The van der Waals surface area contributed by atoms with Crippen LogP contribution in [-0.2, 0) is 13.0 Å². The zero-order valence-electron chi connectivity index (χ0n) is 11.1. The lowest BCUT2D eigenvalue weighted by atomic mass is 9.97. The molecule has 3 heterocycles. The summed E-state index contributed by atoms with van der Waals surface area (Å²) in [6.07, 6.45) is 4.84. The highest BCUT2D eigenvalue weighted by Gasteiger charge is 2.27. The molecule has 19 heavy (non-hydrogen) atoms. The van der Waals surface area contributed by atoms with Crippen molar-refractivity contribution in [1.82, 2.24) is 9.88 Å². The molecule has 3 nitrogen and oxygen atoms in total. The highest BCUT2D eigenvalue weighted by atomic mass is 32.1. The van der Waals surface area contributed by atoms with Crippen LogP contribution in [-0.4, -0.2) is 22.5 Å². The van der Waals surface area contributed by atoms with E-state index in [1.165, 1.54) is 16.0 Å². The van der Waals surface area contributed by atoms with Crippen LogP contribution in [0.4, 0.5) is 0 Å². The van der Waals surface area contributed by atoms with Crippen LogP contribution in [0.3, 0.4) is 0 Å². The van der Waals surface area contributed by atoms with Crippen molar-refractivity contribution in [2.45, 2.75) is 32.0 Å². The van der Waals surface area contributed by atoms with Gasteiger partial charge in [0.25, 0.3) is 0 Å². The van der Waals surface area contributed by atoms with E-state index in [-0.39, 0.29) is 12.1 Å². The van der Waals surface area contributed by atoms with Crippen LogP contribution >= 0.6 is 11.3 Å². The number of nitrogens with two attached hydrogens (primary N) is 1. The van der Waals surface area contributed by atoms with Crippen molar-refractivity contribution >= 4 is 11.3 Å². The van der Waals surface area contributed by atoms with Crippen molar-refractivity contribution in [3.8, 4) is 0 Å². The smallest absolute Gasteiger partial charge is 0.0501 e. The third kappa shape index (κ3) is 2.56. The molecule has 4 heteroatoms. The number of aromatic nitrogens is 1. The standard InChI is InChI=1S/C15H19N3S/c1-11(16)15(12-2-6-17-7-3-12)18-8-4-14-13(10-18)5-9-19-14/h2-3,5-7,9,11,15H,4,8,10,16H2,1H3. The molecule has 1 aliphatic heterocycles. The van der Waals surface area contributed by atoms with E-state index in [9.17, 15) is 0 Å². The molecule has 0 fully saturated rings. The van der Waals surface area contributed by atoms with Gasteiger partial charge in [0.15, 0.2) is 0 Å². The Morgan fingerprint density at radius 3 is 2.84 bits per heavy atom. The fourth-order valence-corrected chi connectivity index (χ4v) is 3.80. The van der Waals surface area contributed by atoms with E-state index >= 15 is 0 Å². The van der Waals surface area contributed by atoms with Gasteiger partial charge in [0.05, 0.1) is 6.04 Å². The van der Waals surface area contributed by atoms with Gasteiger partial charge in [-0.2, -0.15) is 0 Å². The van der Waals surface area contributed by atoms with Crippen molar-refractivity contribution in [2.75, 3.05) is 6.54 Å². The van der Waals surface area contributed by atoms with E-state index in [1.807, 2.05) is 23.7 Å². The van der Waals surface area contributed by atoms with Gasteiger partial charge >= 0.3 is 0 Å². The lowest BCUT2D eigenvalue weighted by molar-refractivity contribution is 0.161. The number of pyridine rings is 1. The normalized spacial score (nSPS) is 18.8. The topological polar surface area (TPSA) is 42.1 Å². The SMILES string of the molecule is CC(N)C(c1ccncc1)N1CCc2sccc2C1. The zero-order valence-corrected chi connectivity index (χ0v) is 11.9. The van der Waals surface area contributed by atoms with E-state index in [2.05, 4.69) is 40.4 Å². The highest BCUT2D eigenvalue weighted by Crippen LogP contribution is 2.31. The fourth-order valence-electron chi connectivity index (χ4n) is 2.92. The Kier molecular flexibility index (Phi) is 3.64. The average molecular weight is 273 g/mol. The van der Waals surface area contributed by atoms with Gasteiger partial charge in [-0.05, 0) is 48.1 Å². The maximum Gasteiger partial charge on any atom is 0.0501 e. The summed E-state index contributed by atoms with van der Waals surface area (Å²) in [5.41, 5.74) is 8.97. The second-order valence-electron chi connectivity index (χ2n) is 5.17. The van der Waals surface area contributed by atoms with Crippen molar-refractivity contribution in [1.29, 1.82) is 0 Å². The van der Waals surface area contributed by atoms with Gasteiger partial charge in [-0.25, -0.2) is 0 Å². The van der Waals surface area contributed by atoms with Gasteiger partial charge in [-0.3, -0.25) is 9.88 Å². The van der Waals surface area contributed by atoms with Crippen LogP contribution in [0.25, 0.3) is 0 Å². The maximum absolute atomic E-state index is 6.24. The summed E-state index contributed by atoms with van der Waals surface area (Å²) in [5.74, 6) is 0. The second kappa shape index (κ2) is 5.41. The largest absolute Gasteiger partial charge is 0.326 e. The fraction of sp³-hybridized carbons (Fsp3) is 0.400. The molecular formula is C15H19N3S. The lowest BCUT2D eigenvalue weighted by Crippen LogP contribution is -2.41. The summed E-state index contributed by atoms with van der Waals surface area (Å²) in [4.78, 5) is 8.13. The van der Waals surface area contributed by atoms with Crippen molar-refractivity contribution in [3.05, 3.63) is 52.0 Å².